The second-order valence-electron chi connectivity index (χ2n) is 7.54. The molecule has 6 heteroatoms. The number of sulfone groups is 1. The van der Waals surface area contributed by atoms with Crippen LogP contribution >= 0.6 is 0 Å². The fourth-order valence-corrected chi connectivity index (χ4v) is 5.27. The van der Waals surface area contributed by atoms with Crippen LogP contribution in [0.5, 0.6) is 5.75 Å². The highest BCUT2D eigenvalue weighted by molar-refractivity contribution is 7.92. The first-order valence-electron chi connectivity index (χ1n) is 9.67. The van der Waals surface area contributed by atoms with Gasteiger partial charge in [-0.1, -0.05) is 36.4 Å². The third-order valence-electron chi connectivity index (χ3n) is 5.11. The molecular weight excluding hydrogens is 396 g/mol. The molecule has 30 heavy (non-hydrogen) atoms. The molecule has 1 unspecified atom stereocenters. The molecule has 3 aromatic rings. The lowest BCUT2D eigenvalue weighted by molar-refractivity contribution is 0.410. The fraction of sp³-hybridized carbons (Fsp3) is 0.250. The van der Waals surface area contributed by atoms with Crippen LogP contribution in [-0.4, -0.2) is 43.7 Å². The highest BCUT2D eigenvalue weighted by atomic mass is 32.2. The zero-order chi connectivity index (χ0) is 21.9. The van der Waals surface area contributed by atoms with Crippen LogP contribution in [0.2, 0.25) is 0 Å². The Labute approximate surface area is 179 Å². The summed E-state index contributed by atoms with van der Waals surface area (Å²) in [6.07, 6.45) is 0. The predicted molar refractivity (Wildman–Crippen MR) is 124 cm³/mol. The number of benzene rings is 3. The highest BCUT2D eigenvalue weighted by Gasteiger charge is 2.33. The molecule has 158 valence electrons. The Morgan fingerprint density at radius 2 is 1.33 bits per heavy atom. The number of anilines is 2. The second-order valence-corrected chi connectivity index (χ2v) is 9.58. The molecule has 0 amide bonds. The van der Waals surface area contributed by atoms with Gasteiger partial charge in [0, 0.05) is 51.2 Å². The first kappa shape index (κ1) is 21.7. The van der Waals surface area contributed by atoms with Crippen molar-refractivity contribution in [2.24, 2.45) is 0 Å². The molecule has 0 saturated heterocycles. The van der Waals surface area contributed by atoms with Gasteiger partial charge in [0.15, 0.2) is 9.84 Å². The molecule has 0 aliphatic carbocycles. The number of methoxy groups -OCH3 is 1. The SMILES string of the molecule is COc1cc(N(C)C)ccc1C(c1ccc(N(C)C)cc1)S(=O)(=O)c1ccccc1. The topological polar surface area (TPSA) is 49.9 Å². The van der Waals surface area contributed by atoms with Gasteiger partial charge >= 0.3 is 0 Å². The Balaban J connectivity index is 2.23. The molecule has 3 aromatic carbocycles. The van der Waals surface area contributed by atoms with Gasteiger partial charge in [-0.2, -0.15) is 0 Å². The van der Waals surface area contributed by atoms with Gasteiger partial charge < -0.3 is 14.5 Å². The van der Waals surface area contributed by atoms with Crippen LogP contribution in [0.25, 0.3) is 0 Å². The number of ether oxygens (including phenoxy) is 1. The molecule has 0 bridgehead atoms. The number of hydrogen-bond donors (Lipinski definition) is 0. The van der Waals surface area contributed by atoms with Crippen molar-refractivity contribution in [2.45, 2.75) is 10.1 Å². The average molecular weight is 425 g/mol. The highest BCUT2D eigenvalue weighted by Crippen LogP contribution is 2.41. The van der Waals surface area contributed by atoms with E-state index in [1.165, 1.54) is 0 Å². The van der Waals surface area contributed by atoms with E-state index in [1.807, 2.05) is 86.5 Å². The van der Waals surface area contributed by atoms with Gasteiger partial charge in [-0.25, -0.2) is 8.42 Å². The molecule has 0 aliphatic heterocycles. The molecule has 0 radical (unpaired) electrons. The maximum absolute atomic E-state index is 13.8. The Hall–Kier alpha value is -2.99. The first-order valence-corrected chi connectivity index (χ1v) is 11.2. The minimum atomic E-state index is -3.71. The van der Waals surface area contributed by atoms with Crippen molar-refractivity contribution in [1.29, 1.82) is 0 Å². The second kappa shape index (κ2) is 8.79. The van der Waals surface area contributed by atoms with Crippen molar-refractivity contribution in [3.05, 3.63) is 83.9 Å². The van der Waals surface area contributed by atoms with Crippen molar-refractivity contribution < 1.29 is 13.2 Å². The third kappa shape index (κ3) is 4.28. The van der Waals surface area contributed by atoms with Crippen LogP contribution in [0, 0.1) is 0 Å². The van der Waals surface area contributed by atoms with Gasteiger partial charge in [-0.3, -0.25) is 0 Å². The van der Waals surface area contributed by atoms with Crippen LogP contribution in [0.3, 0.4) is 0 Å². The van der Waals surface area contributed by atoms with E-state index in [4.69, 9.17) is 4.74 Å². The molecule has 0 saturated carbocycles. The summed E-state index contributed by atoms with van der Waals surface area (Å²) in [6.45, 7) is 0. The largest absolute Gasteiger partial charge is 0.496 e. The number of rotatable bonds is 7. The van der Waals surface area contributed by atoms with Gasteiger partial charge in [-0.15, -0.1) is 0 Å². The number of hydrogen-bond acceptors (Lipinski definition) is 5. The summed E-state index contributed by atoms with van der Waals surface area (Å²) in [4.78, 5) is 4.22. The Bertz CT molecular complexity index is 1090. The minimum absolute atomic E-state index is 0.283. The summed E-state index contributed by atoms with van der Waals surface area (Å²) in [5.41, 5.74) is 3.25. The van der Waals surface area contributed by atoms with Crippen LogP contribution in [0.1, 0.15) is 16.4 Å². The lowest BCUT2D eigenvalue weighted by atomic mass is 10.0. The van der Waals surface area contributed by atoms with E-state index in [0.29, 0.717) is 16.9 Å². The molecule has 0 fully saturated rings. The van der Waals surface area contributed by atoms with E-state index in [2.05, 4.69) is 0 Å². The molecule has 1 atom stereocenters. The molecule has 0 spiro atoms. The monoisotopic (exact) mass is 424 g/mol. The summed E-state index contributed by atoms with van der Waals surface area (Å²) in [5, 5.41) is -0.887. The van der Waals surface area contributed by atoms with Crippen molar-refractivity contribution in [2.75, 3.05) is 45.1 Å². The van der Waals surface area contributed by atoms with Gasteiger partial charge in [-0.05, 0) is 35.9 Å². The molecule has 3 rings (SSSR count). The van der Waals surface area contributed by atoms with E-state index in [9.17, 15) is 8.42 Å². The standard InChI is InChI=1S/C24H28N2O3S/c1-25(2)19-13-11-18(12-14-19)24(30(27,28)21-9-7-6-8-10-21)22-16-15-20(26(3)4)17-23(22)29-5/h6-17,24H,1-5H3. The van der Waals surface area contributed by atoms with E-state index >= 15 is 0 Å². The summed E-state index contributed by atoms with van der Waals surface area (Å²) < 4.78 is 33.2. The minimum Gasteiger partial charge on any atom is -0.496 e. The zero-order valence-electron chi connectivity index (χ0n) is 18.0. The summed E-state index contributed by atoms with van der Waals surface area (Å²) >= 11 is 0. The van der Waals surface area contributed by atoms with E-state index in [1.54, 1.807) is 31.4 Å². The lowest BCUT2D eigenvalue weighted by Gasteiger charge is -2.23. The van der Waals surface area contributed by atoms with Crippen LogP contribution in [-0.2, 0) is 9.84 Å². The third-order valence-corrected chi connectivity index (χ3v) is 7.19. The number of nitrogens with zero attached hydrogens (tertiary/aromatic N) is 2. The van der Waals surface area contributed by atoms with Gasteiger partial charge in [0.05, 0.1) is 12.0 Å². The zero-order valence-corrected chi connectivity index (χ0v) is 18.8. The lowest BCUT2D eigenvalue weighted by Crippen LogP contribution is -2.17. The van der Waals surface area contributed by atoms with Crippen LogP contribution in [0.4, 0.5) is 11.4 Å². The maximum atomic E-state index is 13.8. The summed E-state index contributed by atoms with van der Waals surface area (Å²) in [6, 6.07) is 21.8. The summed E-state index contributed by atoms with van der Waals surface area (Å²) in [7, 11) is 5.64. The van der Waals surface area contributed by atoms with Gasteiger partial charge in [0.1, 0.15) is 11.0 Å². The molecule has 5 nitrogen and oxygen atoms in total. The molecule has 0 N–H and O–H groups in total. The smallest absolute Gasteiger partial charge is 0.189 e. The first-order chi connectivity index (χ1) is 14.3. The van der Waals surface area contributed by atoms with Gasteiger partial charge in [0.25, 0.3) is 0 Å². The average Bonchev–Trinajstić information content (AvgIpc) is 2.74. The van der Waals surface area contributed by atoms with Crippen molar-refractivity contribution >= 4 is 21.2 Å². The normalized spacial score (nSPS) is 12.3. The molecule has 0 aromatic heterocycles. The summed E-state index contributed by atoms with van der Waals surface area (Å²) in [5.74, 6) is 0.544. The van der Waals surface area contributed by atoms with E-state index < -0.39 is 15.1 Å². The predicted octanol–water partition coefficient (Wildman–Crippen LogP) is 4.39. The fourth-order valence-electron chi connectivity index (χ4n) is 3.41. The maximum Gasteiger partial charge on any atom is 0.189 e. The Kier molecular flexibility index (Phi) is 6.37. The van der Waals surface area contributed by atoms with E-state index in [-0.39, 0.29) is 4.90 Å². The van der Waals surface area contributed by atoms with Crippen LogP contribution in [0.15, 0.2) is 77.7 Å². The van der Waals surface area contributed by atoms with Crippen molar-refractivity contribution in [1.82, 2.24) is 0 Å². The van der Waals surface area contributed by atoms with Crippen LogP contribution < -0.4 is 14.5 Å². The molecular formula is C24H28N2O3S. The van der Waals surface area contributed by atoms with Gasteiger partial charge in [0.2, 0.25) is 0 Å². The quantitative estimate of drug-likeness (QED) is 0.563. The Morgan fingerprint density at radius 3 is 1.87 bits per heavy atom. The van der Waals surface area contributed by atoms with Crippen molar-refractivity contribution in [3.8, 4) is 5.75 Å². The molecule has 0 heterocycles. The molecule has 0 aliphatic rings. The Morgan fingerprint density at radius 1 is 0.767 bits per heavy atom. The van der Waals surface area contributed by atoms with E-state index in [0.717, 1.165) is 11.4 Å². The van der Waals surface area contributed by atoms with Crippen molar-refractivity contribution in [3.63, 3.8) is 0 Å².